The van der Waals surface area contributed by atoms with Gasteiger partial charge >= 0.3 is 6.01 Å². The van der Waals surface area contributed by atoms with Crippen molar-refractivity contribution in [2.45, 2.75) is 68.1 Å². The molecule has 5 aliphatic rings. The number of ether oxygens (including phenoxy) is 1. The van der Waals surface area contributed by atoms with Crippen molar-refractivity contribution in [3.63, 3.8) is 0 Å². The Morgan fingerprint density at radius 1 is 1.08 bits per heavy atom. The number of piperazine rings is 1. The molecule has 10 rings (SSSR count). The average molecular weight is 656 g/mol. The molecule has 1 aliphatic carbocycles. The van der Waals surface area contributed by atoms with Crippen molar-refractivity contribution in [2.75, 3.05) is 31.1 Å². The SMILES string of the molecule is Oc1cc(-c2ncc3c(N4CC5CCC(C4)N5)nc(OCC45CCCN4C4Cc6conc6C4C5)nc3c2F)c2c(F)c(F)ccc2c1. The molecular formula is C35H32F3N7O3. The predicted molar refractivity (Wildman–Crippen MR) is 169 cm³/mol. The maximum Gasteiger partial charge on any atom is 0.319 e. The lowest BCUT2D eigenvalue weighted by atomic mass is 9.89. The molecule has 0 radical (unpaired) electrons. The minimum Gasteiger partial charge on any atom is -0.508 e. The standard InChI is InChI=1S/C35H32F3N7O3/c36-25-5-2-17-8-21(46)10-22(27(17)28(25)37)31-29(38)32-24(12-39-31)33(44-13-19-3-4-20(14-44)40-19)42-34(41-32)47-16-35-6-1-7-45(35)26-9-18-15-48-43-30(18)23(26)11-35/h2,5,8,10,12,15,19-20,23,26,40,46H,1,3-4,6-7,9,11,13-14,16H2. The van der Waals surface area contributed by atoms with E-state index >= 15 is 8.78 Å². The fraction of sp³-hybridized carbons (Fsp3) is 0.429. The second-order valence-electron chi connectivity index (χ2n) is 14.1. The monoisotopic (exact) mass is 655 g/mol. The van der Waals surface area contributed by atoms with Crippen LogP contribution >= 0.6 is 0 Å². The highest BCUT2D eigenvalue weighted by Crippen LogP contribution is 2.54. The number of hydrogen-bond donors (Lipinski definition) is 2. The van der Waals surface area contributed by atoms with Gasteiger partial charge in [0.15, 0.2) is 17.5 Å². The van der Waals surface area contributed by atoms with Gasteiger partial charge in [-0.15, -0.1) is 0 Å². The predicted octanol–water partition coefficient (Wildman–Crippen LogP) is 5.22. The summed E-state index contributed by atoms with van der Waals surface area (Å²) >= 11 is 0. The van der Waals surface area contributed by atoms with E-state index in [0.29, 0.717) is 36.9 Å². The number of anilines is 1. The van der Waals surface area contributed by atoms with Gasteiger partial charge in [-0.2, -0.15) is 9.97 Å². The van der Waals surface area contributed by atoms with Crippen LogP contribution in [0.4, 0.5) is 19.0 Å². The molecule has 3 aromatic heterocycles. The van der Waals surface area contributed by atoms with Crippen LogP contribution in [0.5, 0.6) is 11.8 Å². The molecule has 0 amide bonds. The lowest BCUT2D eigenvalue weighted by Gasteiger charge is -2.35. The topological polar surface area (TPSA) is 113 Å². The van der Waals surface area contributed by atoms with Crippen LogP contribution in [-0.2, 0) is 6.42 Å². The number of phenolic OH excluding ortho intramolecular Hbond substituents is 1. The summed E-state index contributed by atoms with van der Waals surface area (Å²) in [7, 11) is 0. The Bertz CT molecular complexity index is 2130. The van der Waals surface area contributed by atoms with E-state index in [0.717, 1.165) is 56.8 Å². The summed E-state index contributed by atoms with van der Waals surface area (Å²) in [6.45, 7) is 2.69. The van der Waals surface area contributed by atoms with Crippen LogP contribution in [0, 0.1) is 17.5 Å². The van der Waals surface area contributed by atoms with Crippen LogP contribution in [-0.4, -0.2) is 80.0 Å². The van der Waals surface area contributed by atoms with E-state index in [1.165, 1.54) is 30.0 Å². The van der Waals surface area contributed by atoms with Crippen molar-refractivity contribution in [3.05, 3.63) is 65.4 Å². The maximum absolute atomic E-state index is 16.8. The van der Waals surface area contributed by atoms with E-state index in [1.807, 2.05) is 0 Å². The fourth-order valence-corrected chi connectivity index (χ4v) is 9.40. The average Bonchev–Trinajstić information content (AvgIpc) is 3.89. The summed E-state index contributed by atoms with van der Waals surface area (Å²) in [5, 5.41) is 18.8. The molecule has 2 aromatic carbocycles. The molecule has 5 unspecified atom stereocenters. The number of phenols is 1. The van der Waals surface area contributed by atoms with Gasteiger partial charge in [-0.25, -0.2) is 13.2 Å². The van der Waals surface area contributed by atoms with Gasteiger partial charge in [-0.1, -0.05) is 11.2 Å². The zero-order valence-electron chi connectivity index (χ0n) is 25.9. The smallest absolute Gasteiger partial charge is 0.319 e. The molecule has 0 saturated carbocycles. The highest BCUT2D eigenvalue weighted by Gasteiger charge is 2.58. The lowest BCUT2D eigenvalue weighted by Crippen LogP contribution is -2.51. The largest absolute Gasteiger partial charge is 0.508 e. The van der Waals surface area contributed by atoms with Crippen molar-refractivity contribution >= 4 is 27.5 Å². The number of benzene rings is 2. The van der Waals surface area contributed by atoms with E-state index in [2.05, 4.69) is 30.2 Å². The highest BCUT2D eigenvalue weighted by molar-refractivity contribution is 6.00. The van der Waals surface area contributed by atoms with Crippen molar-refractivity contribution in [2.24, 2.45) is 0 Å². The van der Waals surface area contributed by atoms with E-state index < -0.39 is 17.5 Å². The zero-order chi connectivity index (χ0) is 32.3. The molecule has 246 valence electrons. The molecule has 7 heterocycles. The molecule has 2 N–H and O–H groups in total. The number of rotatable bonds is 5. The number of aromatic nitrogens is 4. The quantitative estimate of drug-likeness (QED) is 0.261. The molecule has 5 aromatic rings. The first-order chi connectivity index (χ1) is 23.3. The van der Waals surface area contributed by atoms with Gasteiger partial charge < -0.3 is 24.6 Å². The molecule has 10 nitrogen and oxygen atoms in total. The normalized spacial score (nSPS) is 27.6. The first kappa shape index (κ1) is 28.5. The summed E-state index contributed by atoms with van der Waals surface area (Å²) in [6, 6.07) is 5.79. The van der Waals surface area contributed by atoms with Crippen LogP contribution in [0.3, 0.4) is 0 Å². The minimum atomic E-state index is -1.15. The first-order valence-corrected chi connectivity index (χ1v) is 16.7. The molecule has 5 atom stereocenters. The van der Waals surface area contributed by atoms with Crippen LogP contribution in [0.25, 0.3) is 32.9 Å². The van der Waals surface area contributed by atoms with E-state index in [9.17, 15) is 9.50 Å². The van der Waals surface area contributed by atoms with Gasteiger partial charge in [0.25, 0.3) is 0 Å². The number of nitrogens with one attached hydrogen (secondary N) is 1. The highest BCUT2D eigenvalue weighted by atomic mass is 19.2. The number of fused-ring (bicyclic) bond motifs is 9. The van der Waals surface area contributed by atoms with Crippen molar-refractivity contribution in [1.29, 1.82) is 0 Å². The molecule has 48 heavy (non-hydrogen) atoms. The van der Waals surface area contributed by atoms with Crippen LogP contribution in [0.15, 0.2) is 41.2 Å². The molecule has 13 heteroatoms. The number of pyridine rings is 1. The summed E-state index contributed by atoms with van der Waals surface area (Å²) in [4.78, 5) is 18.6. The minimum absolute atomic E-state index is 0.0320. The number of hydrogen-bond acceptors (Lipinski definition) is 10. The third-order valence-electron chi connectivity index (χ3n) is 11.4. The molecular weight excluding hydrogens is 623 g/mol. The summed E-state index contributed by atoms with van der Waals surface area (Å²) in [6.07, 6.45) is 9.14. The summed E-state index contributed by atoms with van der Waals surface area (Å²) < 4.78 is 58.2. The third kappa shape index (κ3) is 4.12. The lowest BCUT2D eigenvalue weighted by molar-refractivity contribution is 0.0849. The van der Waals surface area contributed by atoms with Gasteiger partial charge in [0.05, 0.1) is 16.6 Å². The molecule has 2 bridgehead atoms. The fourth-order valence-electron chi connectivity index (χ4n) is 9.40. The summed E-state index contributed by atoms with van der Waals surface area (Å²) in [5.74, 6) is -2.48. The van der Waals surface area contributed by atoms with Crippen LogP contribution < -0.4 is 15.0 Å². The van der Waals surface area contributed by atoms with Gasteiger partial charge in [0.2, 0.25) is 0 Å². The molecule has 4 fully saturated rings. The Balaban J connectivity index is 1.08. The van der Waals surface area contributed by atoms with Crippen molar-refractivity contribution < 1.29 is 27.5 Å². The summed E-state index contributed by atoms with van der Waals surface area (Å²) in [5.41, 5.74) is 1.65. The Labute approximate surface area is 272 Å². The first-order valence-electron chi connectivity index (χ1n) is 16.7. The Morgan fingerprint density at radius 3 is 2.79 bits per heavy atom. The number of halogens is 3. The molecule has 4 aliphatic heterocycles. The Kier molecular flexibility index (Phi) is 6.09. The number of aromatic hydroxyl groups is 1. The molecule has 4 saturated heterocycles. The van der Waals surface area contributed by atoms with E-state index in [1.54, 1.807) is 6.26 Å². The zero-order valence-corrected chi connectivity index (χ0v) is 25.9. The van der Waals surface area contributed by atoms with E-state index in [4.69, 9.17) is 14.2 Å². The van der Waals surface area contributed by atoms with Gasteiger partial charge in [0.1, 0.15) is 35.6 Å². The Morgan fingerprint density at radius 2 is 1.94 bits per heavy atom. The second-order valence-corrected chi connectivity index (χ2v) is 14.1. The second kappa shape index (κ2) is 10.3. The maximum atomic E-state index is 16.8. The van der Waals surface area contributed by atoms with Crippen molar-refractivity contribution in [3.8, 4) is 23.0 Å². The van der Waals surface area contributed by atoms with Gasteiger partial charge in [0, 0.05) is 59.8 Å². The Hall–Kier alpha value is -4.49. The van der Waals surface area contributed by atoms with Crippen LogP contribution in [0.1, 0.15) is 49.3 Å². The van der Waals surface area contributed by atoms with Gasteiger partial charge in [-0.3, -0.25) is 9.88 Å². The number of nitrogens with zero attached hydrogens (tertiary/aromatic N) is 6. The van der Waals surface area contributed by atoms with Gasteiger partial charge in [-0.05, 0) is 68.7 Å². The van der Waals surface area contributed by atoms with E-state index in [-0.39, 0.29) is 62.8 Å². The van der Waals surface area contributed by atoms with Crippen LogP contribution in [0.2, 0.25) is 0 Å². The van der Waals surface area contributed by atoms with Crippen molar-refractivity contribution in [1.82, 2.24) is 30.3 Å². The third-order valence-corrected chi connectivity index (χ3v) is 11.4. The molecule has 0 spiro atoms.